The molecule has 1 amide bonds. The van der Waals surface area contributed by atoms with Gasteiger partial charge in [-0.2, -0.15) is 4.68 Å². The highest BCUT2D eigenvalue weighted by Crippen LogP contribution is 2.27. The molecule has 0 aliphatic heterocycles. The van der Waals surface area contributed by atoms with E-state index in [1.165, 1.54) is 28.6 Å². The predicted octanol–water partition coefficient (Wildman–Crippen LogP) is 4.48. The van der Waals surface area contributed by atoms with Gasteiger partial charge in [0.1, 0.15) is 5.82 Å². The van der Waals surface area contributed by atoms with E-state index in [1.807, 2.05) is 6.07 Å². The number of benzene rings is 2. The number of nitrogens with one attached hydrogen (secondary N) is 1. The van der Waals surface area contributed by atoms with Crippen molar-refractivity contribution in [3.63, 3.8) is 0 Å². The first-order valence-electron chi connectivity index (χ1n) is 9.79. The van der Waals surface area contributed by atoms with Crippen LogP contribution in [-0.4, -0.2) is 15.6 Å². The Morgan fingerprint density at radius 1 is 1.14 bits per heavy atom. The minimum absolute atomic E-state index is 0.167. The number of nitrogens with zero attached hydrogens (tertiary/aromatic N) is 2. The largest absolute Gasteiger partial charge is 0.281 e. The van der Waals surface area contributed by atoms with Gasteiger partial charge in [0.25, 0.3) is 5.56 Å². The van der Waals surface area contributed by atoms with Crippen LogP contribution in [-0.2, 0) is 10.5 Å². The Labute approximate surface area is 172 Å². The van der Waals surface area contributed by atoms with Crippen molar-refractivity contribution in [2.24, 2.45) is 5.92 Å². The second-order valence-electron chi connectivity index (χ2n) is 7.36. The molecule has 3 aromatic rings. The molecule has 1 fully saturated rings. The van der Waals surface area contributed by atoms with Gasteiger partial charge in [0, 0.05) is 12.2 Å². The molecule has 0 spiro atoms. The summed E-state index contributed by atoms with van der Waals surface area (Å²) >= 11 is 1.33. The summed E-state index contributed by atoms with van der Waals surface area (Å²) in [5, 5.41) is 0.873. The molecule has 1 aliphatic rings. The molecule has 2 aromatic carbocycles. The molecule has 0 radical (unpaired) electrons. The fourth-order valence-electron chi connectivity index (χ4n) is 3.68. The first-order chi connectivity index (χ1) is 14.1. The molecule has 1 saturated carbocycles. The van der Waals surface area contributed by atoms with Crippen molar-refractivity contribution in [3.05, 3.63) is 70.3 Å². The van der Waals surface area contributed by atoms with Crippen LogP contribution in [0.15, 0.2) is 58.5 Å². The highest BCUT2D eigenvalue weighted by molar-refractivity contribution is 7.98. The third-order valence-corrected chi connectivity index (χ3v) is 6.22. The van der Waals surface area contributed by atoms with E-state index in [0.717, 1.165) is 31.2 Å². The number of para-hydroxylation sites is 1. The van der Waals surface area contributed by atoms with Gasteiger partial charge in [-0.3, -0.25) is 15.0 Å². The van der Waals surface area contributed by atoms with E-state index < -0.39 is 0 Å². The van der Waals surface area contributed by atoms with E-state index in [9.17, 15) is 14.0 Å². The van der Waals surface area contributed by atoms with Crippen LogP contribution in [0.4, 0.5) is 4.39 Å². The average molecular weight is 412 g/mol. The van der Waals surface area contributed by atoms with Gasteiger partial charge in [-0.15, -0.1) is 0 Å². The quantitative estimate of drug-likeness (QED) is 0.480. The number of hydrogen-bond acceptors (Lipinski definition) is 4. The van der Waals surface area contributed by atoms with E-state index in [4.69, 9.17) is 0 Å². The van der Waals surface area contributed by atoms with Crippen LogP contribution in [0.3, 0.4) is 0 Å². The average Bonchev–Trinajstić information content (AvgIpc) is 3.23. The summed E-state index contributed by atoms with van der Waals surface area (Å²) in [4.78, 5) is 30.2. The highest BCUT2D eigenvalue weighted by atomic mass is 32.2. The SMILES string of the molecule is O=C(CC1CCCC1)Nn1c(SCc2ccc(F)cc2)nc2ccccc2c1=O. The molecule has 29 heavy (non-hydrogen) atoms. The van der Waals surface area contributed by atoms with Gasteiger partial charge in [-0.1, -0.05) is 48.9 Å². The van der Waals surface area contributed by atoms with Crippen LogP contribution in [0.2, 0.25) is 0 Å². The Kier molecular flexibility index (Phi) is 5.94. The zero-order chi connectivity index (χ0) is 20.2. The van der Waals surface area contributed by atoms with Crippen LogP contribution in [0, 0.1) is 11.7 Å². The second-order valence-corrected chi connectivity index (χ2v) is 8.30. The molecule has 0 saturated heterocycles. The number of fused-ring (bicyclic) bond motifs is 1. The normalized spacial score (nSPS) is 14.4. The lowest BCUT2D eigenvalue weighted by Gasteiger charge is -2.15. The number of rotatable bonds is 6. The molecule has 150 valence electrons. The lowest BCUT2D eigenvalue weighted by molar-refractivity contribution is -0.118. The molecule has 0 atom stereocenters. The number of hydrogen-bond donors (Lipinski definition) is 1. The minimum atomic E-state index is -0.294. The maximum atomic E-state index is 13.1. The summed E-state index contributed by atoms with van der Waals surface area (Å²) in [5.74, 6) is 0.427. The molecule has 0 bridgehead atoms. The van der Waals surface area contributed by atoms with Gasteiger partial charge < -0.3 is 0 Å². The maximum absolute atomic E-state index is 13.1. The van der Waals surface area contributed by atoms with Gasteiger partial charge in [0.15, 0.2) is 5.16 Å². The minimum Gasteiger partial charge on any atom is -0.273 e. The number of carbonyl (C=O) groups is 1. The van der Waals surface area contributed by atoms with Crippen LogP contribution >= 0.6 is 11.8 Å². The van der Waals surface area contributed by atoms with Crippen molar-refractivity contribution in [2.75, 3.05) is 5.43 Å². The topological polar surface area (TPSA) is 64.0 Å². The first-order valence-corrected chi connectivity index (χ1v) is 10.8. The molecule has 1 N–H and O–H groups in total. The number of thioether (sulfide) groups is 1. The molecular weight excluding hydrogens is 389 g/mol. The third-order valence-electron chi connectivity index (χ3n) is 5.21. The maximum Gasteiger partial charge on any atom is 0.281 e. The van der Waals surface area contributed by atoms with E-state index in [0.29, 0.717) is 34.2 Å². The molecule has 7 heteroatoms. The lowest BCUT2D eigenvalue weighted by Crippen LogP contribution is -2.35. The fraction of sp³-hybridized carbons (Fsp3) is 0.318. The Hall–Kier alpha value is -2.67. The summed E-state index contributed by atoms with van der Waals surface area (Å²) in [5.41, 5.74) is 3.96. The van der Waals surface area contributed by atoms with E-state index >= 15 is 0 Å². The molecular formula is C22H22FN3O2S. The Morgan fingerprint density at radius 3 is 2.62 bits per heavy atom. The van der Waals surface area contributed by atoms with Gasteiger partial charge in [0.2, 0.25) is 5.91 Å². The fourth-order valence-corrected chi connectivity index (χ4v) is 4.59. The first kappa shape index (κ1) is 19.6. The zero-order valence-electron chi connectivity index (χ0n) is 15.9. The van der Waals surface area contributed by atoms with Crippen molar-refractivity contribution >= 4 is 28.6 Å². The number of aromatic nitrogens is 2. The Bertz CT molecular complexity index is 1080. The third kappa shape index (κ3) is 4.67. The smallest absolute Gasteiger partial charge is 0.273 e. The summed E-state index contributed by atoms with van der Waals surface area (Å²) in [6, 6.07) is 13.3. The summed E-state index contributed by atoms with van der Waals surface area (Å²) < 4.78 is 14.4. The standard InChI is InChI=1S/C22H22FN3O2S/c23-17-11-9-16(10-12-17)14-29-22-24-19-8-4-3-7-18(19)21(28)26(22)25-20(27)13-15-5-1-2-6-15/h3-4,7-12,15H,1-2,5-6,13-14H2,(H,25,27). The molecule has 1 aromatic heterocycles. The summed E-state index contributed by atoms with van der Waals surface area (Å²) in [6.07, 6.45) is 4.86. The van der Waals surface area contributed by atoms with Gasteiger partial charge in [0.05, 0.1) is 10.9 Å². The van der Waals surface area contributed by atoms with Crippen molar-refractivity contribution in [2.45, 2.75) is 43.0 Å². The van der Waals surface area contributed by atoms with Crippen molar-refractivity contribution in [1.82, 2.24) is 9.66 Å². The molecule has 4 rings (SSSR count). The molecule has 1 aliphatic carbocycles. The summed E-state index contributed by atoms with van der Waals surface area (Å²) in [7, 11) is 0. The number of halogens is 1. The van der Waals surface area contributed by atoms with Crippen molar-refractivity contribution < 1.29 is 9.18 Å². The van der Waals surface area contributed by atoms with Crippen molar-refractivity contribution in [1.29, 1.82) is 0 Å². The van der Waals surface area contributed by atoms with E-state index in [1.54, 1.807) is 30.3 Å². The van der Waals surface area contributed by atoms with Crippen molar-refractivity contribution in [3.8, 4) is 0 Å². The Balaban J connectivity index is 1.61. The molecule has 0 unspecified atom stereocenters. The van der Waals surface area contributed by atoms with Gasteiger partial charge >= 0.3 is 0 Å². The Morgan fingerprint density at radius 2 is 1.86 bits per heavy atom. The number of amides is 1. The van der Waals surface area contributed by atoms with Crippen LogP contribution in [0.5, 0.6) is 0 Å². The van der Waals surface area contributed by atoms with Crippen LogP contribution in [0.1, 0.15) is 37.7 Å². The van der Waals surface area contributed by atoms with Gasteiger partial charge in [-0.25, -0.2) is 9.37 Å². The molecule has 1 heterocycles. The van der Waals surface area contributed by atoms with Crippen LogP contribution < -0.4 is 11.0 Å². The van der Waals surface area contributed by atoms with E-state index in [2.05, 4.69) is 10.4 Å². The summed E-state index contributed by atoms with van der Waals surface area (Å²) in [6.45, 7) is 0. The lowest BCUT2D eigenvalue weighted by atomic mass is 10.0. The van der Waals surface area contributed by atoms with Gasteiger partial charge in [-0.05, 0) is 48.6 Å². The highest BCUT2D eigenvalue weighted by Gasteiger charge is 2.20. The number of carbonyl (C=O) groups excluding carboxylic acids is 1. The monoisotopic (exact) mass is 411 g/mol. The second kappa shape index (κ2) is 8.78. The van der Waals surface area contributed by atoms with Crippen LogP contribution in [0.25, 0.3) is 10.9 Å². The zero-order valence-corrected chi connectivity index (χ0v) is 16.8. The predicted molar refractivity (Wildman–Crippen MR) is 113 cm³/mol. The van der Waals surface area contributed by atoms with E-state index in [-0.39, 0.29) is 17.3 Å². The molecule has 5 nitrogen and oxygen atoms in total.